The van der Waals surface area contributed by atoms with E-state index in [9.17, 15) is 10.1 Å². The van der Waals surface area contributed by atoms with Crippen molar-refractivity contribution >= 4 is 17.5 Å². The zero-order valence-corrected chi connectivity index (χ0v) is 12.1. The molecular weight excluding hydrogens is 270 g/mol. The minimum atomic E-state index is -0.383. The van der Waals surface area contributed by atoms with E-state index in [0.717, 1.165) is 57.1 Å². The van der Waals surface area contributed by atoms with E-state index in [2.05, 4.69) is 16.8 Å². The zero-order valence-electron chi connectivity index (χ0n) is 12.1. The van der Waals surface area contributed by atoms with E-state index >= 15 is 0 Å². The van der Waals surface area contributed by atoms with Crippen LogP contribution in [0.4, 0.5) is 11.4 Å². The van der Waals surface area contributed by atoms with Gasteiger partial charge >= 0.3 is 0 Å². The highest BCUT2D eigenvalue weighted by atomic mass is 16.6. The lowest BCUT2D eigenvalue weighted by molar-refractivity contribution is -0.384. The van der Waals surface area contributed by atoms with E-state index in [1.54, 1.807) is 18.2 Å². The van der Waals surface area contributed by atoms with Gasteiger partial charge in [0, 0.05) is 37.5 Å². The van der Waals surface area contributed by atoms with Gasteiger partial charge in [0.15, 0.2) is 0 Å². The van der Waals surface area contributed by atoms with Crippen molar-refractivity contribution in [2.24, 2.45) is 0 Å². The summed E-state index contributed by atoms with van der Waals surface area (Å²) in [6, 6.07) is 4.77. The SMILES string of the molecule is C=Cc1ccc([N+](=O)[O-])cc1NCCCN1CCOCC1. The molecule has 21 heavy (non-hydrogen) atoms. The molecule has 0 saturated carbocycles. The summed E-state index contributed by atoms with van der Waals surface area (Å²) in [6.07, 6.45) is 2.69. The first kappa shape index (κ1) is 15.5. The van der Waals surface area contributed by atoms with Gasteiger partial charge in [0.2, 0.25) is 0 Å². The minimum Gasteiger partial charge on any atom is -0.384 e. The fourth-order valence-electron chi connectivity index (χ4n) is 2.34. The second kappa shape index (κ2) is 7.75. The van der Waals surface area contributed by atoms with Crippen LogP contribution in [-0.4, -0.2) is 49.2 Å². The van der Waals surface area contributed by atoms with Crippen molar-refractivity contribution in [3.8, 4) is 0 Å². The molecule has 1 fully saturated rings. The van der Waals surface area contributed by atoms with Gasteiger partial charge in [-0.25, -0.2) is 0 Å². The largest absolute Gasteiger partial charge is 0.384 e. The summed E-state index contributed by atoms with van der Waals surface area (Å²) < 4.78 is 5.31. The van der Waals surface area contributed by atoms with Gasteiger partial charge in [-0.15, -0.1) is 0 Å². The maximum atomic E-state index is 10.8. The van der Waals surface area contributed by atoms with E-state index < -0.39 is 0 Å². The lowest BCUT2D eigenvalue weighted by atomic mass is 10.1. The Morgan fingerprint density at radius 1 is 1.43 bits per heavy atom. The summed E-state index contributed by atoms with van der Waals surface area (Å²) in [7, 11) is 0. The number of anilines is 1. The molecule has 1 aliphatic rings. The number of nitrogens with one attached hydrogen (secondary N) is 1. The molecule has 1 saturated heterocycles. The Hall–Kier alpha value is -1.92. The molecule has 0 spiro atoms. The number of non-ortho nitro benzene ring substituents is 1. The minimum absolute atomic E-state index is 0.0938. The zero-order chi connectivity index (χ0) is 15.1. The molecule has 0 amide bonds. The van der Waals surface area contributed by atoms with E-state index in [0.29, 0.717) is 0 Å². The fraction of sp³-hybridized carbons (Fsp3) is 0.467. The van der Waals surface area contributed by atoms with Gasteiger partial charge < -0.3 is 10.1 Å². The van der Waals surface area contributed by atoms with Gasteiger partial charge in [0.1, 0.15) is 0 Å². The highest BCUT2D eigenvalue weighted by Crippen LogP contribution is 2.23. The maximum Gasteiger partial charge on any atom is 0.271 e. The van der Waals surface area contributed by atoms with Crippen LogP contribution < -0.4 is 5.32 Å². The first-order valence-electron chi connectivity index (χ1n) is 7.15. The fourth-order valence-corrected chi connectivity index (χ4v) is 2.34. The Balaban J connectivity index is 1.85. The molecule has 1 aromatic carbocycles. The van der Waals surface area contributed by atoms with Crippen LogP contribution in [0.5, 0.6) is 0 Å². The average Bonchev–Trinajstić information content (AvgIpc) is 2.52. The number of hydrogen-bond acceptors (Lipinski definition) is 5. The summed E-state index contributed by atoms with van der Waals surface area (Å²) >= 11 is 0. The van der Waals surface area contributed by atoms with Crippen LogP contribution in [0.2, 0.25) is 0 Å². The summed E-state index contributed by atoms with van der Waals surface area (Å²) in [6.45, 7) is 9.09. The molecule has 0 unspecified atom stereocenters. The van der Waals surface area contributed by atoms with Crippen molar-refractivity contribution in [3.05, 3.63) is 40.5 Å². The van der Waals surface area contributed by atoms with Gasteiger partial charge in [0.25, 0.3) is 5.69 Å². The Kier molecular flexibility index (Phi) is 5.71. The summed E-state index contributed by atoms with van der Waals surface area (Å²) in [4.78, 5) is 12.8. The summed E-state index contributed by atoms with van der Waals surface area (Å²) in [5.41, 5.74) is 1.74. The normalized spacial score (nSPS) is 15.6. The van der Waals surface area contributed by atoms with Gasteiger partial charge in [0.05, 0.1) is 18.1 Å². The van der Waals surface area contributed by atoms with Crippen LogP contribution in [-0.2, 0) is 4.74 Å². The van der Waals surface area contributed by atoms with Crippen LogP contribution in [0.3, 0.4) is 0 Å². The molecule has 0 radical (unpaired) electrons. The number of morpholine rings is 1. The van der Waals surface area contributed by atoms with Crippen molar-refractivity contribution < 1.29 is 9.66 Å². The molecule has 1 aromatic rings. The number of nitro groups is 1. The summed E-state index contributed by atoms with van der Waals surface area (Å²) in [5.74, 6) is 0. The van der Waals surface area contributed by atoms with E-state index in [1.807, 2.05) is 0 Å². The van der Waals surface area contributed by atoms with E-state index in [1.165, 1.54) is 6.07 Å². The van der Waals surface area contributed by atoms with Gasteiger partial charge in [-0.1, -0.05) is 12.7 Å². The number of benzene rings is 1. The van der Waals surface area contributed by atoms with Gasteiger partial charge in [-0.2, -0.15) is 0 Å². The quantitative estimate of drug-likeness (QED) is 0.474. The number of nitrogens with zero attached hydrogens (tertiary/aromatic N) is 2. The molecule has 0 atom stereocenters. The Bertz CT molecular complexity index is 499. The molecule has 114 valence electrons. The van der Waals surface area contributed by atoms with Gasteiger partial charge in [-0.3, -0.25) is 15.0 Å². The third kappa shape index (κ3) is 4.54. The highest BCUT2D eigenvalue weighted by molar-refractivity contribution is 5.68. The molecule has 0 aromatic heterocycles. The standard InChI is InChI=1S/C15H21N3O3/c1-2-13-4-5-14(18(19)20)12-15(13)16-6-3-7-17-8-10-21-11-9-17/h2,4-5,12,16H,1,3,6-11H2. The van der Waals surface area contributed by atoms with E-state index in [4.69, 9.17) is 4.74 Å². The number of rotatable bonds is 7. The first-order valence-corrected chi connectivity index (χ1v) is 7.15. The third-order valence-electron chi connectivity index (χ3n) is 3.54. The predicted molar refractivity (Wildman–Crippen MR) is 83.6 cm³/mol. The second-order valence-corrected chi connectivity index (χ2v) is 4.97. The number of nitro benzene ring substituents is 1. The van der Waals surface area contributed by atoms with Crippen molar-refractivity contribution in [3.63, 3.8) is 0 Å². The average molecular weight is 291 g/mol. The monoisotopic (exact) mass is 291 g/mol. The van der Waals surface area contributed by atoms with E-state index in [-0.39, 0.29) is 10.6 Å². The maximum absolute atomic E-state index is 10.8. The molecule has 6 heteroatoms. The van der Waals surface area contributed by atoms with Crippen molar-refractivity contribution in [2.45, 2.75) is 6.42 Å². The van der Waals surface area contributed by atoms with Crippen LogP contribution in [0.1, 0.15) is 12.0 Å². The molecule has 6 nitrogen and oxygen atoms in total. The smallest absolute Gasteiger partial charge is 0.271 e. The van der Waals surface area contributed by atoms with Gasteiger partial charge in [-0.05, 0) is 24.6 Å². The molecule has 0 bridgehead atoms. The number of ether oxygens (including phenoxy) is 1. The first-order chi connectivity index (χ1) is 10.2. The van der Waals surface area contributed by atoms with Crippen molar-refractivity contribution in [1.82, 2.24) is 4.90 Å². The molecule has 0 aliphatic carbocycles. The van der Waals surface area contributed by atoms with Crippen LogP contribution in [0.15, 0.2) is 24.8 Å². The third-order valence-corrected chi connectivity index (χ3v) is 3.54. The lowest BCUT2D eigenvalue weighted by Gasteiger charge is -2.26. The topological polar surface area (TPSA) is 67.6 Å². The van der Waals surface area contributed by atoms with Crippen LogP contribution >= 0.6 is 0 Å². The van der Waals surface area contributed by atoms with Crippen LogP contribution in [0, 0.1) is 10.1 Å². The molecule has 1 aliphatic heterocycles. The second-order valence-electron chi connectivity index (χ2n) is 4.97. The number of hydrogen-bond donors (Lipinski definition) is 1. The molecular formula is C15H21N3O3. The van der Waals surface area contributed by atoms with Crippen molar-refractivity contribution in [1.29, 1.82) is 0 Å². The Morgan fingerprint density at radius 3 is 2.86 bits per heavy atom. The molecule has 1 heterocycles. The lowest BCUT2D eigenvalue weighted by Crippen LogP contribution is -2.37. The summed E-state index contributed by atoms with van der Waals surface area (Å²) in [5, 5.41) is 14.1. The highest BCUT2D eigenvalue weighted by Gasteiger charge is 2.11. The molecule has 1 N–H and O–H groups in total. The van der Waals surface area contributed by atoms with Crippen molar-refractivity contribution in [2.75, 3.05) is 44.7 Å². The van der Waals surface area contributed by atoms with Crippen LogP contribution in [0.25, 0.3) is 6.08 Å². The predicted octanol–water partition coefficient (Wildman–Crippen LogP) is 2.37. The Morgan fingerprint density at radius 2 is 2.19 bits per heavy atom. The molecule has 2 rings (SSSR count). The Labute approximate surface area is 124 Å².